The van der Waals surface area contributed by atoms with E-state index in [-0.39, 0.29) is 0 Å². The van der Waals surface area contributed by atoms with Crippen LogP contribution in [0.3, 0.4) is 0 Å². The van der Waals surface area contributed by atoms with Gasteiger partial charge < -0.3 is 0 Å². The highest BCUT2D eigenvalue weighted by atomic mass is 14.2. The molecule has 0 bridgehead atoms. The molecule has 0 radical (unpaired) electrons. The van der Waals surface area contributed by atoms with Crippen LogP contribution < -0.4 is 0 Å². The molecule has 4 aromatic rings. The fraction of sp³-hybridized carbons (Fsp3) is 0.156. The van der Waals surface area contributed by atoms with Crippen LogP contribution in [0, 0.1) is 20.8 Å². The van der Waals surface area contributed by atoms with Crippen LogP contribution in [0.25, 0.3) is 27.8 Å². The zero-order valence-corrected chi connectivity index (χ0v) is 27.9. The van der Waals surface area contributed by atoms with Crippen molar-refractivity contribution in [3.63, 3.8) is 0 Å². The Kier molecular flexibility index (Phi) is 11.1. The molecular weight excluding hydrogens is 540 g/mol. The average molecular weight is 587 g/mol. The summed E-state index contributed by atoms with van der Waals surface area (Å²) in [5.74, 6) is 0. The molecule has 0 nitrogen and oxygen atoms in total. The molecule has 0 saturated heterocycles. The molecule has 4 rings (SSSR count). The number of benzene rings is 4. The van der Waals surface area contributed by atoms with Gasteiger partial charge in [0.05, 0.1) is 0 Å². The molecule has 0 aliphatic heterocycles. The molecule has 0 N–H and O–H groups in total. The lowest BCUT2D eigenvalue weighted by atomic mass is 9.84. The smallest absolute Gasteiger partial charge is 0.00224 e. The lowest BCUT2D eigenvalue weighted by molar-refractivity contribution is 1.16. The zero-order valence-electron chi connectivity index (χ0n) is 27.9. The first-order valence-corrected chi connectivity index (χ1v) is 15.7. The maximum Gasteiger partial charge on any atom is -0.00224 e. The van der Waals surface area contributed by atoms with Gasteiger partial charge in [0, 0.05) is 0 Å². The first-order valence-electron chi connectivity index (χ1n) is 15.7. The van der Waals surface area contributed by atoms with Crippen LogP contribution in [0.2, 0.25) is 0 Å². The van der Waals surface area contributed by atoms with Crippen LogP contribution in [0.15, 0.2) is 169 Å². The second-order valence-electron chi connectivity index (χ2n) is 11.7. The maximum atomic E-state index is 4.65. The van der Waals surface area contributed by atoms with Gasteiger partial charge in [0.1, 0.15) is 0 Å². The molecule has 0 heterocycles. The predicted octanol–water partition coefficient (Wildman–Crippen LogP) is 12.7. The van der Waals surface area contributed by atoms with Gasteiger partial charge in [-0.15, -0.1) is 0 Å². The Balaban J connectivity index is 1.90. The maximum absolute atomic E-state index is 4.65. The van der Waals surface area contributed by atoms with Crippen molar-refractivity contribution in [2.24, 2.45) is 0 Å². The summed E-state index contributed by atoms with van der Waals surface area (Å²) in [4.78, 5) is 0. The molecule has 0 aliphatic rings. The van der Waals surface area contributed by atoms with E-state index < -0.39 is 0 Å². The summed E-state index contributed by atoms with van der Waals surface area (Å²) in [6.45, 7) is 26.3. The second kappa shape index (κ2) is 15.2. The minimum Gasteiger partial charge on any atom is -0.0984 e. The molecule has 0 unspecified atom stereocenters. The van der Waals surface area contributed by atoms with Crippen molar-refractivity contribution >= 4 is 5.57 Å². The Morgan fingerprint density at radius 3 is 1.82 bits per heavy atom. The molecule has 0 saturated carbocycles. The van der Waals surface area contributed by atoms with Crippen LogP contribution in [0.5, 0.6) is 0 Å². The minimum atomic E-state index is 0.718. The molecule has 0 fully saturated rings. The third-order valence-corrected chi connectivity index (χ3v) is 8.67. The first kappa shape index (κ1) is 33.0. The fourth-order valence-corrected chi connectivity index (χ4v) is 5.96. The van der Waals surface area contributed by atoms with Gasteiger partial charge in [0.15, 0.2) is 0 Å². The fourth-order valence-electron chi connectivity index (χ4n) is 5.96. The molecular formula is C45H46. The number of hydrogen-bond acceptors (Lipinski definition) is 0. The van der Waals surface area contributed by atoms with Crippen molar-refractivity contribution < 1.29 is 0 Å². The standard InChI is InChI=1S/C45H46/c1-10-12-20-32(4)35(7)36(8)39(11-2)45(38-23-14-13-15-24-38)30-31(3)29-44-37(9)42(40-25-18-16-21-33(40)5)27-28-43(44)41-26-19-17-22-34(41)6/h10-28,30H,2-3,7,29H2,1,4-6,8-9H3/b12-10-,32-20+,39-36+,45-30-. The minimum absolute atomic E-state index is 0.718. The summed E-state index contributed by atoms with van der Waals surface area (Å²) < 4.78 is 0. The van der Waals surface area contributed by atoms with Crippen LogP contribution in [0.1, 0.15) is 48.6 Å². The quantitative estimate of drug-likeness (QED) is 0.153. The molecule has 0 aromatic heterocycles. The van der Waals surface area contributed by atoms with Gasteiger partial charge in [-0.1, -0.05) is 147 Å². The topological polar surface area (TPSA) is 0 Å². The van der Waals surface area contributed by atoms with E-state index in [9.17, 15) is 0 Å². The summed E-state index contributed by atoms with van der Waals surface area (Å²) in [6, 6.07) is 32.4. The Morgan fingerprint density at radius 1 is 0.689 bits per heavy atom. The van der Waals surface area contributed by atoms with Gasteiger partial charge in [0.2, 0.25) is 0 Å². The summed E-state index contributed by atoms with van der Waals surface area (Å²) in [7, 11) is 0. The van der Waals surface area contributed by atoms with E-state index >= 15 is 0 Å². The summed E-state index contributed by atoms with van der Waals surface area (Å²) >= 11 is 0. The van der Waals surface area contributed by atoms with Crippen molar-refractivity contribution in [2.45, 2.75) is 48.0 Å². The Labute approximate surface area is 271 Å². The molecule has 226 valence electrons. The molecule has 0 heteroatoms. The third-order valence-electron chi connectivity index (χ3n) is 8.67. The molecule has 0 atom stereocenters. The molecule has 4 aromatic carbocycles. The predicted molar refractivity (Wildman–Crippen MR) is 199 cm³/mol. The van der Waals surface area contributed by atoms with E-state index in [1.54, 1.807) is 0 Å². The molecule has 0 amide bonds. The van der Waals surface area contributed by atoms with Gasteiger partial charge in [-0.2, -0.15) is 0 Å². The lowest BCUT2D eigenvalue weighted by Crippen LogP contribution is -2.01. The zero-order chi connectivity index (χ0) is 32.5. The van der Waals surface area contributed by atoms with Gasteiger partial charge in [-0.3, -0.25) is 0 Å². The van der Waals surface area contributed by atoms with Gasteiger partial charge in [0.25, 0.3) is 0 Å². The van der Waals surface area contributed by atoms with Crippen molar-refractivity contribution in [1.82, 2.24) is 0 Å². The average Bonchev–Trinajstić information content (AvgIpc) is 3.05. The molecule has 0 aliphatic carbocycles. The van der Waals surface area contributed by atoms with Crippen LogP contribution in [-0.4, -0.2) is 0 Å². The van der Waals surface area contributed by atoms with Crippen molar-refractivity contribution in [2.75, 3.05) is 0 Å². The number of hydrogen-bond donors (Lipinski definition) is 0. The van der Waals surface area contributed by atoms with E-state index in [1.165, 1.54) is 44.5 Å². The summed E-state index contributed by atoms with van der Waals surface area (Å²) in [5.41, 5.74) is 17.7. The van der Waals surface area contributed by atoms with Gasteiger partial charge in [-0.25, -0.2) is 0 Å². The van der Waals surface area contributed by atoms with E-state index in [0.717, 1.165) is 45.4 Å². The highest BCUT2D eigenvalue weighted by molar-refractivity contribution is 5.86. The SMILES string of the molecule is C=CC(/C(=C\C(=C)Cc1c(-c2ccccc2C)ccc(-c2ccccc2C)c1C)c1ccccc1)=C(/C)C(=C)/C(C)=C/C=C\C. The highest BCUT2D eigenvalue weighted by Crippen LogP contribution is 2.38. The first-order chi connectivity index (χ1) is 21.7. The van der Waals surface area contributed by atoms with E-state index in [0.29, 0.717) is 0 Å². The highest BCUT2D eigenvalue weighted by Gasteiger charge is 2.17. The van der Waals surface area contributed by atoms with Crippen LogP contribution in [0.4, 0.5) is 0 Å². The summed E-state index contributed by atoms with van der Waals surface area (Å²) in [5, 5.41) is 0. The Bertz CT molecular complexity index is 1850. The van der Waals surface area contributed by atoms with Crippen molar-refractivity contribution in [3.8, 4) is 22.3 Å². The van der Waals surface area contributed by atoms with Gasteiger partial charge in [-0.05, 0) is 126 Å². The second-order valence-corrected chi connectivity index (χ2v) is 11.7. The van der Waals surface area contributed by atoms with E-state index in [4.69, 9.17) is 0 Å². The number of allylic oxidation sites excluding steroid dienone is 11. The Hall–Kier alpha value is -4.94. The van der Waals surface area contributed by atoms with Crippen LogP contribution in [-0.2, 0) is 6.42 Å². The van der Waals surface area contributed by atoms with E-state index in [1.807, 2.05) is 19.1 Å². The Morgan fingerprint density at radius 2 is 1.24 bits per heavy atom. The lowest BCUT2D eigenvalue weighted by Gasteiger charge is -2.20. The van der Waals surface area contributed by atoms with Crippen LogP contribution >= 0.6 is 0 Å². The monoisotopic (exact) mass is 586 g/mol. The molecule has 0 spiro atoms. The third kappa shape index (κ3) is 7.59. The number of aryl methyl sites for hydroxylation is 2. The van der Waals surface area contributed by atoms with Gasteiger partial charge >= 0.3 is 0 Å². The largest absolute Gasteiger partial charge is 0.0984 e. The number of rotatable bonds is 11. The van der Waals surface area contributed by atoms with Crippen molar-refractivity contribution in [1.29, 1.82) is 0 Å². The van der Waals surface area contributed by atoms with E-state index in [2.05, 4.69) is 164 Å². The molecule has 45 heavy (non-hydrogen) atoms. The normalized spacial score (nSPS) is 12.7. The summed E-state index contributed by atoms with van der Waals surface area (Å²) in [6.07, 6.45) is 11.1. The van der Waals surface area contributed by atoms with Crippen molar-refractivity contribution in [3.05, 3.63) is 197 Å².